The third-order valence-corrected chi connectivity index (χ3v) is 3.13. The van der Waals surface area contributed by atoms with E-state index in [0.29, 0.717) is 17.2 Å². The molecule has 0 radical (unpaired) electrons. The molecule has 0 unspecified atom stereocenters. The molecule has 1 amide bonds. The third kappa shape index (κ3) is 3.60. The Morgan fingerprint density at radius 3 is 2.36 bits per heavy atom. The molecule has 0 fully saturated rings. The van der Waals surface area contributed by atoms with Gasteiger partial charge in [-0.3, -0.25) is 4.79 Å². The maximum absolute atomic E-state index is 12.1. The monoisotopic (exact) mass is 302 g/mol. The topological polar surface area (TPSA) is 93.8 Å². The summed E-state index contributed by atoms with van der Waals surface area (Å²) in [5.41, 5.74) is 6.98. The molecule has 0 bridgehead atoms. The summed E-state index contributed by atoms with van der Waals surface area (Å²) in [6, 6.07) is 9.67. The first kappa shape index (κ1) is 15.5. The zero-order chi connectivity index (χ0) is 16.1. The standard InChI is InChI=1S/C16H18N2O4/c1-21-12-5-10(6-13(8-12)22-2)9-18-16(20)14-7-11(17)3-4-15(14)19/h3-8,19H,9,17H2,1-2H3,(H,18,20). The number of nitrogens with one attached hydrogen (secondary N) is 1. The SMILES string of the molecule is COc1cc(CNC(=O)c2cc(N)ccc2O)cc(OC)c1. The number of anilines is 1. The number of carbonyl (C=O) groups is 1. The number of nitrogens with two attached hydrogens (primary N) is 1. The molecular formula is C16H18N2O4. The molecule has 0 saturated carbocycles. The van der Waals surface area contributed by atoms with Crippen molar-refractivity contribution in [3.8, 4) is 17.2 Å². The first-order valence-electron chi connectivity index (χ1n) is 6.62. The lowest BCUT2D eigenvalue weighted by atomic mass is 10.1. The number of amides is 1. The zero-order valence-electron chi connectivity index (χ0n) is 12.4. The van der Waals surface area contributed by atoms with E-state index in [9.17, 15) is 9.90 Å². The number of methoxy groups -OCH3 is 2. The van der Waals surface area contributed by atoms with Crippen molar-refractivity contribution in [2.24, 2.45) is 0 Å². The highest BCUT2D eigenvalue weighted by molar-refractivity contribution is 5.97. The van der Waals surface area contributed by atoms with Gasteiger partial charge < -0.3 is 25.6 Å². The van der Waals surface area contributed by atoms with Crippen molar-refractivity contribution in [3.05, 3.63) is 47.5 Å². The molecule has 6 nitrogen and oxygen atoms in total. The van der Waals surface area contributed by atoms with Crippen LogP contribution in [0.25, 0.3) is 0 Å². The Kier molecular flexibility index (Phi) is 4.73. The zero-order valence-corrected chi connectivity index (χ0v) is 12.4. The van der Waals surface area contributed by atoms with E-state index in [2.05, 4.69) is 5.32 Å². The second-order valence-corrected chi connectivity index (χ2v) is 4.68. The molecule has 2 aromatic rings. The van der Waals surface area contributed by atoms with Gasteiger partial charge in [-0.2, -0.15) is 0 Å². The van der Waals surface area contributed by atoms with Crippen molar-refractivity contribution in [1.82, 2.24) is 5.32 Å². The lowest BCUT2D eigenvalue weighted by Crippen LogP contribution is -2.23. The molecule has 4 N–H and O–H groups in total. The van der Waals surface area contributed by atoms with Crippen LogP contribution < -0.4 is 20.5 Å². The van der Waals surface area contributed by atoms with Gasteiger partial charge in [-0.05, 0) is 35.9 Å². The van der Waals surface area contributed by atoms with Gasteiger partial charge in [0.15, 0.2) is 0 Å². The van der Waals surface area contributed by atoms with Gasteiger partial charge in [-0.25, -0.2) is 0 Å². The summed E-state index contributed by atoms with van der Waals surface area (Å²) < 4.78 is 10.3. The van der Waals surface area contributed by atoms with E-state index in [1.807, 2.05) is 0 Å². The Bertz CT molecular complexity index is 664. The van der Waals surface area contributed by atoms with E-state index in [4.69, 9.17) is 15.2 Å². The summed E-state index contributed by atoms with van der Waals surface area (Å²) in [6.07, 6.45) is 0. The minimum absolute atomic E-state index is 0.116. The molecule has 0 heterocycles. The van der Waals surface area contributed by atoms with E-state index in [1.54, 1.807) is 32.4 Å². The fourth-order valence-electron chi connectivity index (χ4n) is 1.98. The second kappa shape index (κ2) is 6.71. The minimum atomic E-state index is -0.411. The van der Waals surface area contributed by atoms with Crippen molar-refractivity contribution >= 4 is 11.6 Å². The molecule has 22 heavy (non-hydrogen) atoms. The van der Waals surface area contributed by atoms with Gasteiger partial charge >= 0.3 is 0 Å². The lowest BCUT2D eigenvalue weighted by molar-refractivity contribution is 0.0948. The number of nitrogen functional groups attached to an aromatic ring is 1. The summed E-state index contributed by atoms with van der Waals surface area (Å²) >= 11 is 0. The second-order valence-electron chi connectivity index (χ2n) is 4.68. The molecular weight excluding hydrogens is 284 g/mol. The highest BCUT2D eigenvalue weighted by Gasteiger charge is 2.11. The van der Waals surface area contributed by atoms with Crippen LogP contribution in [0.3, 0.4) is 0 Å². The molecule has 2 rings (SSSR count). The fourth-order valence-corrected chi connectivity index (χ4v) is 1.98. The number of carbonyl (C=O) groups excluding carboxylic acids is 1. The third-order valence-electron chi connectivity index (χ3n) is 3.13. The number of benzene rings is 2. The van der Waals surface area contributed by atoms with Gasteiger partial charge in [-0.1, -0.05) is 0 Å². The molecule has 0 aromatic heterocycles. The number of ether oxygens (including phenoxy) is 2. The molecule has 0 atom stereocenters. The summed E-state index contributed by atoms with van der Waals surface area (Å²) in [4.78, 5) is 12.1. The van der Waals surface area contributed by atoms with Crippen molar-refractivity contribution in [1.29, 1.82) is 0 Å². The van der Waals surface area contributed by atoms with Crippen LogP contribution in [0, 0.1) is 0 Å². The van der Waals surface area contributed by atoms with E-state index in [-0.39, 0.29) is 17.9 Å². The van der Waals surface area contributed by atoms with Crippen LogP contribution >= 0.6 is 0 Å². The van der Waals surface area contributed by atoms with Crippen molar-refractivity contribution < 1.29 is 19.4 Å². The summed E-state index contributed by atoms with van der Waals surface area (Å²) in [5.74, 6) is 0.743. The Morgan fingerprint density at radius 2 is 1.77 bits per heavy atom. The number of phenolic OH excluding ortho intramolecular Hbond substituents is 1. The number of aromatic hydroxyl groups is 1. The van der Waals surface area contributed by atoms with Crippen LogP contribution in [0.2, 0.25) is 0 Å². The van der Waals surface area contributed by atoms with Gasteiger partial charge in [-0.15, -0.1) is 0 Å². The Morgan fingerprint density at radius 1 is 1.14 bits per heavy atom. The van der Waals surface area contributed by atoms with Gasteiger partial charge in [0.2, 0.25) is 0 Å². The van der Waals surface area contributed by atoms with Crippen LogP contribution in [0.15, 0.2) is 36.4 Å². The number of hydrogen-bond acceptors (Lipinski definition) is 5. The number of hydrogen-bond donors (Lipinski definition) is 3. The average molecular weight is 302 g/mol. The van der Waals surface area contributed by atoms with Crippen LogP contribution in [0.4, 0.5) is 5.69 Å². The largest absolute Gasteiger partial charge is 0.507 e. The normalized spacial score (nSPS) is 10.1. The first-order valence-corrected chi connectivity index (χ1v) is 6.62. The van der Waals surface area contributed by atoms with Gasteiger partial charge in [0, 0.05) is 18.3 Å². The van der Waals surface area contributed by atoms with Gasteiger partial charge in [0.05, 0.1) is 19.8 Å². The Hall–Kier alpha value is -2.89. The van der Waals surface area contributed by atoms with E-state index in [1.165, 1.54) is 18.2 Å². The molecule has 0 aliphatic rings. The molecule has 2 aromatic carbocycles. The Labute approximate surface area is 128 Å². The highest BCUT2D eigenvalue weighted by atomic mass is 16.5. The van der Waals surface area contributed by atoms with E-state index in [0.717, 1.165) is 5.56 Å². The molecule has 0 aliphatic carbocycles. The number of rotatable bonds is 5. The highest BCUT2D eigenvalue weighted by Crippen LogP contribution is 2.23. The van der Waals surface area contributed by atoms with Crippen LogP contribution in [-0.2, 0) is 6.54 Å². The Balaban J connectivity index is 2.12. The van der Waals surface area contributed by atoms with Crippen molar-refractivity contribution in [3.63, 3.8) is 0 Å². The smallest absolute Gasteiger partial charge is 0.255 e. The summed E-state index contributed by atoms with van der Waals surface area (Å²) in [6.45, 7) is 0.265. The summed E-state index contributed by atoms with van der Waals surface area (Å²) in [7, 11) is 3.11. The summed E-state index contributed by atoms with van der Waals surface area (Å²) in [5, 5.41) is 12.4. The number of phenols is 1. The lowest BCUT2D eigenvalue weighted by Gasteiger charge is -2.10. The molecule has 116 valence electrons. The van der Waals surface area contributed by atoms with E-state index >= 15 is 0 Å². The molecule has 0 saturated heterocycles. The van der Waals surface area contributed by atoms with Crippen LogP contribution in [-0.4, -0.2) is 25.2 Å². The van der Waals surface area contributed by atoms with E-state index < -0.39 is 5.91 Å². The van der Waals surface area contributed by atoms with Crippen molar-refractivity contribution in [2.45, 2.75) is 6.54 Å². The quantitative estimate of drug-likeness (QED) is 0.579. The predicted molar refractivity (Wildman–Crippen MR) is 83.2 cm³/mol. The minimum Gasteiger partial charge on any atom is -0.507 e. The van der Waals surface area contributed by atoms with Crippen molar-refractivity contribution in [2.75, 3.05) is 20.0 Å². The van der Waals surface area contributed by atoms with Gasteiger partial charge in [0.25, 0.3) is 5.91 Å². The average Bonchev–Trinajstić information content (AvgIpc) is 2.54. The van der Waals surface area contributed by atoms with Gasteiger partial charge in [0.1, 0.15) is 17.2 Å². The molecule has 0 aliphatic heterocycles. The van der Waals surface area contributed by atoms with Crippen LogP contribution in [0.1, 0.15) is 15.9 Å². The maximum Gasteiger partial charge on any atom is 0.255 e. The molecule has 6 heteroatoms. The maximum atomic E-state index is 12.1. The predicted octanol–water partition coefficient (Wildman–Crippen LogP) is 1.92. The first-order chi connectivity index (χ1) is 10.5. The molecule has 0 spiro atoms. The fraction of sp³-hybridized carbons (Fsp3) is 0.188. The van der Waals surface area contributed by atoms with Crippen LogP contribution in [0.5, 0.6) is 17.2 Å².